The number of hydrogen-bond acceptors (Lipinski definition) is 3. The van der Waals surface area contributed by atoms with Crippen LogP contribution in [0.25, 0.3) is 0 Å². The van der Waals surface area contributed by atoms with Crippen LogP contribution in [-0.2, 0) is 6.54 Å². The fraction of sp³-hybridized carbons (Fsp3) is 0.364. The Morgan fingerprint density at radius 3 is 2.88 bits per heavy atom. The van der Waals surface area contributed by atoms with Gasteiger partial charge in [-0.05, 0) is 12.5 Å². The van der Waals surface area contributed by atoms with Crippen LogP contribution in [0.5, 0.6) is 0 Å². The number of aromatic nitrogens is 2. The largest absolute Gasteiger partial charge is 0.333 e. The topological polar surface area (TPSA) is 43.8 Å². The molecule has 3 nitrogen and oxygen atoms in total. The van der Waals surface area contributed by atoms with Crippen LogP contribution in [0.15, 0.2) is 18.5 Å². The highest BCUT2D eigenvalue weighted by Crippen LogP contribution is 2.35. The van der Waals surface area contributed by atoms with Gasteiger partial charge in [-0.3, -0.25) is 0 Å². The molecular weight excluding hydrogens is 277 g/mol. The van der Waals surface area contributed by atoms with E-state index in [0.717, 1.165) is 24.4 Å². The van der Waals surface area contributed by atoms with Gasteiger partial charge in [-0.25, -0.2) is 4.98 Å². The Morgan fingerprint density at radius 2 is 2.29 bits per heavy atom. The predicted molar refractivity (Wildman–Crippen MR) is 72.9 cm³/mol. The van der Waals surface area contributed by atoms with Gasteiger partial charge in [0.2, 0.25) is 0 Å². The zero-order valence-electron chi connectivity index (χ0n) is 9.36. The third-order valence-corrected chi connectivity index (χ3v) is 4.03. The Bertz CT molecular complexity index is 507. The minimum atomic E-state index is -0.326. The van der Waals surface area contributed by atoms with Crippen molar-refractivity contribution in [1.82, 2.24) is 9.55 Å². The van der Waals surface area contributed by atoms with Crippen molar-refractivity contribution in [3.8, 4) is 0 Å². The average Bonchev–Trinajstić information content (AvgIpc) is 2.85. The maximum atomic E-state index is 6.19. The van der Waals surface area contributed by atoms with E-state index in [-0.39, 0.29) is 6.04 Å². The van der Waals surface area contributed by atoms with Crippen LogP contribution in [0.3, 0.4) is 0 Å². The van der Waals surface area contributed by atoms with Gasteiger partial charge in [-0.15, -0.1) is 11.3 Å². The molecule has 0 amide bonds. The van der Waals surface area contributed by atoms with Gasteiger partial charge in [0.15, 0.2) is 0 Å². The molecule has 2 N–H and O–H groups in total. The number of imidazole rings is 1. The zero-order valence-corrected chi connectivity index (χ0v) is 11.7. The molecule has 17 heavy (non-hydrogen) atoms. The molecule has 2 heterocycles. The van der Waals surface area contributed by atoms with Crippen molar-refractivity contribution in [2.75, 3.05) is 0 Å². The van der Waals surface area contributed by atoms with Crippen LogP contribution >= 0.6 is 34.5 Å². The van der Waals surface area contributed by atoms with E-state index in [9.17, 15) is 0 Å². The highest BCUT2D eigenvalue weighted by molar-refractivity contribution is 7.20. The second kappa shape index (κ2) is 5.40. The minimum absolute atomic E-state index is 0.326. The van der Waals surface area contributed by atoms with E-state index in [1.54, 1.807) is 6.20 Å². The van der Waals surface area contributed by atoms with Crippen molar-refractivity contribution in [3.63, 3.8) is 0 Å². The first-order valence-corrected chi connectivity index (χ1v) is 6.92. The monoisotopic (exact) mass is 289 g/mol. The number of halogens is 2. The number of nitrogens with two attached hydrogens (primary N) is 1. The number of thiophene rings is 1. The summed E-state index contributed by atoms with van der Waals surface area (Å²) in [6.45, 7) is 3.02. The summed E-state index contributed by atoms with van der Waals surface area (Å²) in [5, 5.41) is 0. The molecule has 0 bridgehead atoms. The Kier molecular flexibility index (Phi) is 4.09. The molecule has 0 saturated heterocycles. The van der Waals surface area contributed by atoms with Gasteiger partial charge < -0.3 is 10.3 Å². The third kappa shape index (κ3) is 2.65. The molecule has 1 unspecified atom stereocenters. The molecule has 2 rings (SSSR count). The van der Waals surface area contributed by atoms with E-state index in [2.05, 4.69) is 11.9 Å². The maximum Gasteiger partial charge on any atom is 0.130 e. The molecular formula is C11H13Cl2N3S. The first-order chi connectivity index (χ1) is 8.13. The number of aryl methyl sites for hydroxylation is 1. The van der Waals surface area contributed by atoms with Gasteiger partial charge >= 0.3 is 0 Å². The first-order valence-electron chi connectivity index (χ1n) is 5.34. The van der Waals surface area contributed by atoms with Crippen molar-refractivity contribution in [2.45, 2.75) is 25.9 Å². The van der Waals surface area contributed by atoms with Crippen LogP contribution in [0, 0.1) is 0 Å². The summed E-state index contributed by atoms with van der Waals surface area (Å²) < 4.78 is 3.33. The SMILES string of the molecule is CCCn1ccnc1C(N)c1cc(Cl)sc1Cl. The van der Waals surface area contributed by atoms with Crippen LogP contribution < -0.4 is 5.73 Å². The summed E-state index contributed by atoms with van der Waals surface area (Å²) in [6, 6.07) is 1.48. The molecule has 1 atom stereocenters. The van der Waals surface area contributed by atoms with Crippen LogP contribution in [0.4, 0.5) is 0 Å². The molecule has 2 aromatic heterocycles. The Morgan fingerprint density at radius 1 is 1.53 bits per heavy atom. The van der Waals surface area contributed by atoms with Gasteiger partial charge in [0.25, 0.3) is 0 Å². The van der Waals surface area contributed by atoms with Gasteiger partial charge in [0, 0.05) is 24.5 Å². The molecule has 0 saturated carbocycles. The standard InChI is InChI=1S/C11H13Cl2N3S/c1-2-4-16-5-3-15-11(16)9(14)7-6-8(12)17-10(7)13/h3,5-6,9H,2,4,14H2,1H3. The van der Waals surface area contributed by atoms with Crippen molar-refractivity contribution >= 4 is 34.5 Å². The number of nitrogens with zero attached hydrogens (tertiary/aromatic N) is 2. The van der Waals surface area contributed by atoms with Gasteiger partial charge in [-0.2, -0.15) is 0 Å². The molecule has 0 aliphatic rings. The molecule has 92 valence electrons. The molecule has 0 fully saturated rings. The quantitative estimate of drug-likeness (QED) is 0.932. The number of hydrogen-bond donors (Lipinski definition) is 1. The van der Waals surface area contributed by atoms with Gasteiger partial charge in [0.05, 0.1) is 14.7 Å². The Labute approximate surface area is 114 Å². The molecule has 0 radical (unpaired) electrons. The molecule has 2 aromatic rings. The van der Waals surface area contributed by atoms with E-state index in [0.29, 0.717) is 8.67 Å². The summed E-state index contributed by atoms with van der Waals surface area (Å²) >= 11 is 13.4. The summed E-state index contributed by atoms with van der Waals surface area (Å²) in [6.07, 6.45) is 4.72. The molecule has 6 heteroatoms. The summed E-state index contributed by atoms with van der Waals surface area (Å²) in [5.41, 5.74) is 7.02. The average molecular weight is 290 g/mol. The van der Waals surface area contributed by atoms with Crippen LogP contribution in [0.2, 0.25) is 8.67 Å². The molecule has 0 spiro atoms. The van der Waals surface area contributed by atoms with Crippen molar-refractivity contribution < 1.29 is 0 Å². The van der Waals surface area contributed by atoms with Crippen molar-refractivity contribution in [3.05, 3.63) is 38.5 Å². The lowest BCUT2D eigenvalue weighted by Crippen LogP contribution is -2.17. The Hall–Kier alpha value is -0.550. The maximum absolute atomic E-state index is 6.19. The highest BCUT2D eigenvalue weighted by atomic mass is 35.5. The Balaban J connectivity index is 2.33. The number of rotatable bonds is 4. The normalized spacial score (nSPS) is 12.9. The van der Waals surface area contributed by atoms with E-state index in [1.165, 1.54) is 11.3 Å². The second-order valence-electron chi connectivity index (χ2n) is 3.74. The lowest BCUT2D eigenvalue weighted by molar-refractivity contribution is 0.613. The van der Waals surface area contributed by atoms with E-state index in [1.807, 2.05) is 16.8 Å². The lowest BCUT2D eigenvalue weighted by atomic mass is 10.1. The molecule has 0 aliphatic heterocycles. The smallest absolute Gasteiger partial charge is 0.130 e. The molecule has 0 aromatic carbocycles. The first kappa shape index (κ1) is 12.9. The summed E-state index contributed by atoms with van der Waals surface area (Å²) in [5.74, 6) is 0.822. The van der Waals surface area contributed by atoms with Gasteiger partial charge in [-0.1, -0.05) is 30.1 Å². The lowest BCUT2D eigenvalue weighted by Gasteiger charge is -2.13. The molecule has 0 aliphatic carbocycles. The summed E-state index contributed by atoms with van der Waals surface area (Å²) in [4.78, 5) is 4.30. The fourth-order valence-corrected chi connectivity index (χ4v) is 3.28. The third-order valence-electron chi connectivity index (χ3n) is 2.51. The minimum Gasteiger partial charge on any atom is -0.333 e. The van der Waals surface area contributed by atoms with Crippen molar-refractivity contribution in [2.24, 2.45) is 5.73 Å². The highest BCUT2D eigenvalue weighted by Gasteiger charge is 2.19. The van der Waals surface area contributed by atoms with Gasteiger partial charge in [0.1, 0.15) is 5.82 Å². The fourth-order valence-electron chi connectivity index (χ4n) is 1.73. The zero-order chi connectivity index (χ0) is 12.4. The van der Waals surface area contributed by atoms with E-state index < -0.39 is 0 Å². The van der Waals surface area contributed by atoms with Crippen molar-refractivity contribution in [1.29, 1.82) is 0 Å². The van der Waals surface area contributed by atoms with E-state index >= 15 is 0 Å². The predicted octanol–water partition coefficient (Wildman–Crippen LogP) is 3.71. The van der Waals surface area contributed by atoms with Crippen LogP contribution in [0.1, 0.15) is 30.8 Å². The summed E-state index contributed by atoms with van der Waals surface area (Å²) in [7, 11) is 0. The van der Waals surface area contributed by atoms with E-state index in [4.69, 9.17) is 28.9 Å². The van der Waals surface area contributed by atoms with Crippen LogP contribution in [-0.4, -0.2) is 9.55 Å². The second-order valence-corrected chi connectivity index (χ2v) is 6.02.